The van der Waals surface area contributed by atoms with Crippen molar-refractivity contribution in [3.8, 4) is 0 Å². The average molecular weight is 122 g/mol. The molecule has 0 fully saturated rings. The molecule has 0 unspecified atom stereocenters. The first-order valence-corrected chi connectivity index (χ1v) is 3.57. The zero-order valence-electron chi connectivity index (χ0n) is 4.94. The maximum atomic E-state index is 4.77. The SMILES string of the molecule is CCCCCC[ClH+]. The molecule has 0 aliphatic rings. The fourth-order valence-corrected chi connectivity index (χ4v) is 0.733. The van der Waals surface area contributed by atoms with E-state index in [-0.39, 0.29) is 0 Å². The minimum Gasteiger partial charge on any atom is -0.0654 e. The molecule has 1 heteroatoms. The van der Waals surface area contributed by atoms with Gasteiger partial charge in [-0.05, 0) is 6.42 Å². The second-order valence-electron chi connectivity index (χ2n) is 1.76. The van der Waals surface area contributed by atoms with Crippen molar-refractivity contribution in [3.63, 3.8) is 0 Å². The summed E-state index contributed by atoms with van der Waals surface area (Å²) in [6, 6.07) is 0. The third kappa shape index (κ3) is 6.29. The molecule has 0 saturated carbocycles. The predicted octanol–water partition coefficient (Wildman–Crippen LogP) is 1.85. The molecule has 0 atom stereocenters. The molecule has 0 saturated heterocycles. The Labute approximate surface area is 50.9 Å². The standard InChI is InChI=1S/C6H14Cl/c1-2-3-4-5-6-7/h7H,2-6H2,1H3/q+1. The summed E-state index contributed by atoms with van der Waals surface area (Å²) in [5.74, 6) is 0.944. The summed E-state index contributed by atoms with van der Waals surface area (Å²) in [7, 11) is 0. The van der Waals surface area contributed by atoms with Crippen LogP contribution in [0.2, 0.25) is 0 Å². The first kappa shape index (κ1) is 7.29. The Morgan fingerprint density at radius 1 is 1.14 bits per heavy atom. The van der Waals surface area contributed by atoms with E-state index in [1.54, 1.807) is 0 Å². The van der Waals surface area contributed by atoms with Gasteiger partial charge in [-0.3, -0.25) is 0 Å². The molecule has 0 aliphatic carbocycles. The van der Waals surface area contributed by atoms with Crippen LogP contribution in [0.4, 0.5) is 0 Å². The highest BCUT2D eigenvalue weighted by Gasteiger charge is 1.86. The van der Waals surface area contributed by atoms with Gasteiger partial charge in [-0.1, -0.05) is 19.8 Å². The van der Waals surface area contributed by atoms with E-state index in [9.17, 15) is 0 Å². The Balaban J connectivity index is 2.45. The molecule has 7 heavy (non-hydrogen) atoms. The summed E-state index contributed by atoms with van der Waals surface area (Å²) in [4.78, 5) is 0. The van der Waals surface area contributed by atoms with Gasteiger partial charge in [-0.25, -0.2) is 0 Å². The van der Waals surface area contributed by atoms with Gasteiger partial charge >= 0.3 is 0 Å². The summed E-state index contributed by atoms with van der Waals surface area (Å²) in [6.45, 7) is 2.21. The molecule has 0 N–H and O–H groups in total. The summed E-state index contributed by atoms with van der Waals surface area (Å²) >= 11 is 4.77. The summed E-state index contributed by atoms with van der Waals surface area (Å²) in [6.07, 6.45) is 5.25. The topological polar surface area (TPSA) is 0 Å². The molecule has 0 amide bonds. The number of hydrogen-bond donors (Lipinski definition) is 0. The van der Waals surface area contributed by atoms with Crippen LogP contribution in [0.5, 0.6) is 0 Å². The van der Waals surface area contributed by atoms with Gasteiger partial charge in [0, 0.05) is 6.42 Å². The molecule has 0 rings (SSSR count). The summed E-state index contributed by atoms with van der Waals surface area (Å²) < 4.78 is 0. The van der Waals surface area contributed by atoms with E-state index in [1.807, 2.05) is 0 Å². The van der Waals surface area contributed by atoms with Crippen LogP contribution in [0.25, 0.3) is 0 Å². The predicted molar refractivity (Wildman–Crippen MR) is 30.4 cm³/mol. The van der Waals surface area contributed by atoms with Gasteiger partial charge in [-0.15, -0.1) is 0 Å². The van der Waals surface area contributed by atoms with E-state index >= 15 is 0 Å². The van der Waals surface area contributed by atoms with Crippen LogP contribution in [0.15, 0.2) is 0 Å². The molecule has 0 aliphatic heterocycles. The quantitative estimate of drug-likeness (QED) is 0.394. The monoisotopic (exact) mass is 121 g/mol. The molecule has 0 aromatic rings. The lowest BCUT2D eigenvalue weighted by Gasteiger charge is -1.86. The van der Waals surface area contributed by atoms with Gasteiger partial charge in [0.25, 0.3) is 0 Å². The molecule has 0 bridgehead atoms. The molecule has 0 heterocycles. The van der Waals surface area contributed by atoms with Gasteiger partial charge in [0.15, 0.2) is 5.88 Å². The normalized spacial score (nSPS) is 9.43. The fraction of sp³-hybridized carbons (Fsp3) is 1.00. The van der Waals surface area contributed by atoms with Crippen LogP contribution in [0, 0.1) is 11.6 Å². The second-order valence-corrected chi connectivity index (χ2v) is 2.17. The summed E-state index contributed by atoms with van der Waals surface area (Å²) in [5.41, 5.74) is 0. The smallest absolute Gasteiger partial charge is 0.0654 e. The van der Waals surface area contributed by atoms with Crippen molar-refractivity contribution < 1.29 is 11.6 Å². The van der Waals surface area contributed by atoms with Gasteiger partial charge in [0.1, 0.15) is 11.6 Å². The van der Waals surface area contributed by atoms with Crippen molar-refractivity contribution in [2.24, 2.45) is 0 Å². The van der Waals surface area contributed by atoms with Crippen LogP contribution in [0.3, 0.4) is 0 Å². The average Bonchev–Trinajstić information content (AvgIpc) is 1.69. The molecular weight excluding hydrogens is 108 g/mol. The zero-order valence-corrected chi connectivity index (χ0v) is 5.76. The Bertz CT molecular complexity index is 23.4. The lowest BCUT2D eigenvalue weighted by molar-refractivity contribution is -0.368. The van der Waals surface area contributed by atoms with Gasteiger partial charge in [-0.2, -0.15) is 0 Å². The molecule has 0 radical (unpaired) electrons. The van der Waals surface area contributed by atoms with Crippen molar-refractivity contribution in [3.05, 3.63) is 0 Å². The third-order valence-corrected chi connectivity index (χ3v) is 1.29. The van der Waals surface area contributed by atoms with E-state index in [2.05, 4.69) is 6.92 Å². The molecule has 44 valence electrons. The van der Waals surface area contributed by atoms with Crippen molar-refractivity contribution in [1.29, 1.82) is 0 Å². The third-order valence-electron chi connectivity index (χ3n) is 0.998. The van der Waals surface area contributed by atoms with Crippen LogP contribution in [-0.4, -0.2) is 5.88 Å². The van der Waals surface area contributed by atoms with Gasteiger partial charge in [0.2, 0.25) is 0 Å². The number of hydrogen-bond acceptors (Lipinski definition) is 0. The van der Waals surface area contributed by atoms with Crippen LogP contribution >= 0.6 is 0 Å². The molecule has 0 spiro atoms. The highest BCUT2D eigenvalue weighted by atomic mass is 35.5. The van der Waals surface area contributed by atoms with Crippen molar-refractivity contribution >= 4 is 0 Å². The maximum absolute atomic E-state index is 4.77. The minimum absolute atomic E-state index is 0.944. The molecular formula is C6H14Cl+. The Hall–Kier alpha value is 0.290. The Morgan fingerprint density at radius 2 is 1.86 bits per heavy atom. The van der Waals surface area contributed by atoms with Crippen LogP contribution < -0.4 is 0 Å². The van der Waals surface area contributed by atoms with Gasteiger partial charge in [0.05, 0.1) is 0 Å². The van der Waals surface area contributed by atoms with E-state index in [4.69, 9.17) is 11.6 Å². The first-order chi connectivity index (χ1) is 3.41. The molecule has 0 nitrogen and oxygen atoms in total. The maximum Gasteiger partial charge on any atom is 0.170 e. The first-order valence-electron chi connectivity index (χ1n) is 3.00. The highest BCUT2D eigenvalue weighted by molar-refractivity contribution is 4.35. The Kier molecular flexibility index (Phi) is 6.55. The molecule has 0 aromatic carbocycles. The van der Waals surface area contributed by atoms with Crippen molar-refractivity contribution in [2.75, 3.05) is 5.88 Å². The summed E-state index contributed by atoms with van der Waals surface area (Å²) in [5, 5.41) is 0. The number of alkyl halides is 1. The lowest BCUT2D eigenvalue weighted by Crippen LogP contribution is -1.77. The van der Waals surface area contributed by atoms with E-state index in [0.29, 0.717) is 0 Å². The largest absolute Gasteiger partial charge is 0.170 e. The fourth-order valence-electron chi connectivity index (χ4n) is 0.529. The number of unbranched alkanes of at least 4 members (excludes halogenated alkanes) is 3. The lowest BCUT2D eigenvalue weighted by atomic mass is 10.2. The Morgan fingerprint density at radius 3 is 2.29 bits per heavy atom. The zero-order chi connectivity index (χ0) is 5.54. The number of halogens is 1. The van der Waals surface area contributed by atoms with E-state index < -0.39 is 0 Å². The van der Waals surface area contributed by atoms with E-state index in [0.717, 1.165) is 5.88 Å². The number of rotatable bonds is 4. The minimum atomic E-state index is 0.944. The van der Waals surface area contributed by atoms with Gasteiger partial charge < -0.3 is 0 Å². The van der Waals surface area contributed by atoms with E-state index in [1.165, 1.54) is 25.7 Å². The van der Waals surface area contributed by atoms with Crippen LogP contribution in [0.1, 0.15) is 32.6 Å². The second kappa shape index (κ2) is 6.29. The highest BCUT2D eigenvalue weighted by Crippen LogP contribution is 1.96. The van der Waals surface area contributed by atoms with Crippen molar-refractivity contribution in [1.82, 2.24) is 0 Å². The molecule has 0 aromatic heterocycles. The van der Waals surface area contributed by atoms with Crippen LogP contribution in [-0.2, 0) is 0 Å². The van der Waals surface area contributed by atoms with Crippen molar-refractivity contribution in [2.45, 2.75) is 32.6 Å².